The van der Waals surface area contributed by atoms with Crippen LogP contribution in [0.3, 0.4) is 0 Å². The van der Waals surface area contributed by atoms with Gasteiger partial charge in [-0.3, -0.25) is 4.79 Å². The first kappa shape index (κ1) is 18.9. The van der Waals surface area contributed by atoms with Crippen molar-refractivity contribution < 1.29 is 14.3 Å². The summed E-state index contributed by atoms with van der Waals surface area (Å²) in [6.07, 6.45) is 0. The first-order valence-electron chi connectivity index (χ1n) is 9.35. The zero-order chi connectivity index (χ0) is 19.2. The van der Waals surface area contributed by atoms with Crippen LogP contribution in [0.25, 0.3) is 0 Å². The molecule has 0 aromatic heterocycles. The molecule has 0 saturated heterocycles. The van der Waals surface area contributed by atoms with E-state index in [9.17, 15) is 4.79 Å². The molecule has 1 amide bonds. The molecular weight excluding hydrogens is 342 g/mol. The zero-order valence-electron chi connectivity index (χ0n) is 16.2. The molecular formula is C21H27N3O3. The number of ether oxygens (including phenoxy) is 2. The van der Waals surface area contributed by atoms with Crippen LogP contribution in [0.15, 0.2) is 36.4 Å². The Kier molecular flexibility index (Phi) is 6.06. The molecule has 0 aliphatic carbocycles. The molecule has 2 aromatic rings. The van der Waals surface area contributed by atoms with E-state index >= 15 is 0 Å². The van der Waals surface area contributed by atoms with Gasteiger partial charge in [-0.05, 0) is 62.2 Å². The number of carbonyl (C=O) groups excluding carboxylic acids is 1. The summed E-state index contributed by atoms with van der Waals surface area (Å²) in [6, 6.07) is 12.0. The van der Waals surface area contributed by atoms with Gasteiger partial charge in [-0.1, -0.05) is 6.07 Å². The van der Waals surface area contributed by atoms with Crippen LogP contribution in [0.2, 0.25) is 0 Å². The molecule has 6 heteroatoms. The van der Waals surface area contributed by atoms with E-state index in [0.29, 0.717) is 6.54 Å². The second kappa shape index (κ2) is 8.66. The average Bonchev–Trinajstić information content (AvgIpc) is 3.14. The van der Waals surface area contributed by atoms with Crippen LogP contribution in [0.1, 0.15) is 25.0 Å². The van der Waals surface area contributed by atoms with E-state index in [0.717, 1.165) is 41.4 Å². The molecule has 6 nitrogen and oxygen atoms in total. The number of nitrogens with zero attached hydrogens (tertiary/aromatic N) is 1. The van der Waals surface area contributed by atoms with E-state index in [1.807, 2.05) is 24.3 Å². The van der Waals surface area contributed by atoms with Gasteiger partial charge in [0.25, 0.3) is 0 Å². The maximum Gasteiger partial charge on any atom is 0.239 e. The predicted molar refractivity (Wildman–Crippen MR) is 108 cm³/mol. The van der Waals surface area contributed by atoms with E-state index in [1.165, 1.54) is 5.69 Å². The van der Waals surface area contributed by atoms with Crippen molar-refractivity contribution in [2.24, 2.45) is 0 Å². The number of hydrogen-bond donors (Lipinski definition) is 2. The minimum Gasteiger partial charge on any atom is -0.454 e. The maximum atomic E-state index is 12.2. The molecule has 0 atom stereocenters. The van der Waals surface area contributed by atoms with Gasteiger partial charge in [0.1, 0.15) is 0 Å². The number of rotatable bonds is 8. The number of hydrogen-bond acceptors (Lipinski definition) is 5. The summed E-state index contributed by atoms with van der Waals surface area (Å²) in [7, 11) is 0. The molecule has 2 N–H and O–H groups in total. The van der Waals surface area contributed by atoms with Gasteiger partial charge < -0.3 is 25.0 Å². The fourth-order valence-electron chi connectivity index (χ4n) is 3.12. The van der Waals surface area contributed by atoms with E-state index < -0.39 is 0 Å². The summed E-state index contributed by atoms with van der Waals surface area (Å²) >= 11 is 0. The predicted octanol–water partition coefficient (Wildman–Crippen LogP) is 3.30. The summed E-state index contributed by atoms with van der Waals surface area (Å²) in [5, 5.41) is 6.14. The van der Waals surface area contributed by atoms with Crippen molar-refractivity contribution in [2.45, 2.75) is 27.3 Å². The Balaban J connectivity index is 1.50. The molecule has 0 bridgehead atoms. The van der Waals surface area contributed by atoms with E-state index in [-0.39, 0.29) is 19.2 Å². The maximum absolute atomic E-state index is 12.2. The van der Waals surface area contributed by atoms with Gasteiger partial charge >= 0.3 is 0 Å². The fourth-order valence-corrected chi connectivity index (χ4v) is 3.12. The minimum atomic E-state index is -0.0557. The molecule has 3 rings (SSSR count). The van der Waals surface area contributed by atoms with E-state index in [4.69, 9.17) is 9.47 Å². The smallest absolute Gasteiger partial charge is 0.239 e. The molecule has 2 aromatic carbocycles. The Morgan fingerprint density at radius 3 is 2.59 bits per heavy atom. The Morgan fingerprint density at radius 2 is 1.85 bits per heavy atom. The van der Waals surface area contributed by atoms with E-state index in [1.54, 1.807) is 0 Å². The van der Waals surface area contributed by atoms with Gasteiger partial charge in [0, 0.05) is 31.0 Å². The highest BCUT2D eigenvalue weighted by atomic mass is 16.7. The lowest BCUT2D eigenvalue weighted by Crippen LogP contribution is -2.29. The van der Waals surface area contributed by atoms with Crippen molar-refractivity contribution in [1.82, 2.24) is 5.32 Å². The number of fused-ring (bicyclic) bond motifs is 1. The van der Waals surface area contributed by atoms with Gasteiger partial charge in [0.2, 0.25) is 12.7 Å². The van der Waals surface area contributed by atoms with Gasteiger partial charge in [-0.25, -0.2) is 0 Å². The first-order valence-corrected chi connectivity index (χ1v) is 9.35. The van der Waals surface area contributed by atoms with Gasteiger partial charge in [0.05, 0.1) is 6.54 Å². The third-order valence-electron chi connectivity index (χ3n) is 4.70. The Labute approximate surface area is 160 Å². The first-order chi connectivity index (χ1) is 13.1. The number of aryl methyl sites for hydroxylation is 1. The fraction of sp³-hybridized carbons (Fsp3) is 0.381. The Morgan fingerprint density at radius 1 is 1.07 bits per heavy atom. The van der Waals surface area contributed by atoms with Crippen LogP contribution in [0.4, 0.5) is 11.4 Å². The molecule has 1 aliphatic heterocycles. The normalized spacial score (nSPS) is 12.0. The lowest BCUT2D eigenvalue weighted by Gasteiger charge is -2.22. The third-order valence-corrected chi connectivity index (χ3v) is 4.70. The SMILES string of the molecule is CCN(CC)c1ccc(NCC(=O)NCc2ccc3c(c2)OCO3)c(C)c1. The van der Waals surface area contributed by atoms with Crippen molar-refractivity contribution in [1.29, 1.82) is 0 Å². The molecule has 0 radical (unpaired) electrons. The Hall–Kier alpha value is -2.89. The molecule has 0 saturated carbocycles. The summed E-state index contributed by atoms with van der Waals surface area (Å²) < 4.78 is 10.6. The highest BCUT2D eigenvalue weighted by Gasteiger charge is 2.13. The molecule has 0 unspecified atom stereocenters. The highest BCUT2D eigenvalue weighted by Crippen LogP contribution is 2.32. The van der Waals surface area contributed by atoms with Crippen molar-refractivity contribution in [3.8, 4) is 11.5 Å². The molecule has 1 heterocycles. The van der Waals surface area contributed by atoms with Gasteiger partial charge in [-0.2, -0.15) is 0 Å². The van der Waals surface area contributed by atoms with Crippen LogP contribution < -0.4 is 25.0 Å². The quantitative estimate of drug-likeness (QED) is 0.748. The average molecular weight is 369 g/mol. The lowest BCUT2D eigenvalue weighted by atomic mass is 10.1. The van der Waals surface area contributed by atoms with Crippen LogP contribution in [-0.2, 0) is 11.3 Å². The molecule has 0 spiro atoms. The largest absolute Gasteiger partial charge is 0.454 e. The standard InChI is InChI=1S/C21H27N3O3/c1-4-24(5-2)17-7-8-18(15(3)10-17)22-13-21(25)23-12-16-6-9-19-20(11-16)27-14-26-19/h6-11,22H,4-5,12-14H2,1-3H3,(H,23,25). The summed E-state index contributed by atoms with van der Waals surface area (Å²) in [5.41, 5.74) is 4.29. The third kappa shape index (κ3) is 4.64. The number of amides is 1. The van der Waals surface area contributed by atoms with Crippen LogP contribution >= 0.6 is 0 Å². The second-order valence-corrected chi connectivity index (χ2v) is 6.49. The van der Waals surface area contributed by atoms with Crippen LogP contribution in [0, 0.1) is 6.92 Å². The monoisotopic (exact) mass is 369 g/mol. The van der Waals surface area contributed by atoms with Crippen molar-refractivity contribution in [3.05, 3.63) is 47.5 Å². The number of anilines is 2. The Bertz CT molecular complexity index is 803. The van der Waals surface area contributed by atoms with Crippen molar-refractivity contribution in [2.75, 3.05) is 36.6 Å². The molecule has 144 valence electrons. The summed E-state index contributed by atoms with van der Waals surface area (Å²) in [6.45, 7) is 9.25. The van der Waals surface area contributed by atoms with Crippen LogP contribution in [-0.4, -0.2) is 32.3 Å². The summed E-state index contributed by atoms with van der Waals surface area (Å²) in [5.74, 6) is 1.42. The zero-order valence-corrected chi connectivity index (χ0v) is 16.2. The molecule has 0 fully saturated rings. The molecule has 27 heavy (non-hydrogen) atoms. The number of carbonyl (C=O) groups is 1. The van der Waals surface area contributed by atoms with Crippen LogP contribution in [0.5, 0.6) is 11.5 Å². The summed E-state index contributed by atoms with van der Waals surface area (Å²) in [4.78, 5) is 14.5. The van der Waals surface area contributed by atoms with Gasteiger partial charge in [0.15, 0.2) is 11.5 Å². The lowest BCUT2D eigenvalue weighted by molar-refractivity contribution is -0.119. The number of benzene rings is 2. The van der Waals surface area contributed by atoms with Crippen molar-refractivity contribution >= 4 is 17.3 Å². The topological polar surface area (TPSA) is 62.8 Å². The van der Waals surface area contributed by atoms with Crippen molar-refractivity contribution in [3.63, 3.8) is 0 Å². The van der Waals surface area contributed by atoms with Gasteiger partial charge in [-0.15, -0.1) is 0 Å². The second-order valence-electron chi connectivity index (χ2n) is 6.49. The highest BCUT2D eigenvalue weighted by molar-refractivity contribution is 5.81. The molecule has 1 aliphatic rings. The minimum absolute atomic E-state index is 0.0557. The number of nitrogens with one attached hydrogen (secondary N) is 2. The van der Waals surface area contributed by atoms with E-state index in [2.05, 4.69) is 48.4 Å².